The second-order valence-electron chi connectivity index (χ2n) is 6.10. The lowest BCUT2D eigenvalue weighted by Crippen LogP contribution is -2.07. The summed E-state index contributed by atoms with van der Waals surface area (Å²) >= 11 is 6.04. The first kappa shape index (κ1) is 17.2. The normalized spacial score (nSPS) is 11.2. The van der Waals surface area contributed by atoms with Crippen LogP contribution in [0.2, 0.25) is 5.02 Å². The molecule has 1 N–H and O–H groups in total. The third kappa shape index (κ3) is 2.84. The molecule has 0 bridgehead atoms. The zero-order valence-electron chi connectivity index (χ0n) is 13.9. The minimum absolute atomic E-state index is 0.0111. The lowest BCUT2D eigenvalue weighted by molar-refractivity contribution is 0.103. The summed E-state index contributed by atoms with van der Waals surface area (Å²) in [6, 6.07) is 7.79. The maximum Gasteiger partial charge on any atom is 0.345 e. The van der Waals surface area contributed by atoms with E-state index in [0.717, 1.165) is 0 Å². The van der Waals surface area contributed by atoms with E-state index in [1.807, 2.05) is 0 Å². The molecular formula is C20H11ClFNO4. The summed E-state index contributed by atoms with van der Waals surface area (Å²) in [5.41, 5.74) is 0.407. The Bertz CT molecular complexity index is 1310. The van der Waals surface area contributed by atoms with E-state index in [-0.39, 0.29) is 33.4 Å². The fourth-order valence-electron chi connectivity index (χ4n) is 2.89. The molecule has 0 radical (unpaired) electrons. The van der Waals surface area contributed by atoms with Crippen LogP contribution in [0.15, 0.2) is 51.8 Å². The maximum absolute atomic E-state index is 13.6. The SMILES string of the molecule is Cc1cc(O)c(C(=O)c2cnc3c(c2)c(=O)oc2ccc(F)cc23)cc1Cl. The van der Waals surface area contributed by atoms with Crippen LogP contribution in [0.1, 0.15) is 21.5 Å². The van der Waals surface area contributed by atoms with Crippen LogP contribution < -0.4 is 5.63 Å². The number of phenols is 1. The Morgan fingerprint density at radius 3 is 2.74 bits per heavy atom. The van der Waals surface area contributed by atoms with Gasteiger partial charge in [0.1, 0.15) is 17.1 Å². The smallest absolute Gasteiger partial charge is 0.345 e. The number of ketones is 1. The molecule has 134 valence electrons. The molecule has 27 heavy (non-hydrogen) atoms. The van der Waals surface area contributed by atoms with Gasteiger partial charge >= 0.3 is 5.63 Å². The quantitative estimate of drug-likeness (QED) is 0.315. The van der Waals surface area contributed by atoms with Crippen molar-refractivity contribution >= 4 is 39.3 Å². The van der Waals surface area contributed by atoms with Crippen LogP contribution in [0.3, 0.4) is 0 Å². The Morgan fingerprint density at radius 2 is 1.96 bits per heavy atom. The molecule has 2 aromatic heterocycles. The topological polar surface area (TPSA) is 80.4 Å². The van der Waals surface area contributed by atoms with Gasteiger partial charge in [-0.05, 0) is 48.9 Å². The fraction of sp³-hybridized carbons (Fsp3) is 0.0500. The molecule has 0 atom stereocenters. The summed E-state index contributed by atoms with van der Waals surface area (Å²) in [7, 11) is 0. The van der Waals surface area contributed by atoms with E-state index < -0.39 is 17.2 Å². The van der Waals surface area contributed by atoms with Gasteiger partial charge in [-0.3, -0.25) is 9.78 Å². The number of fused-ring (bicyclic) bond motifs is 3. The Balaban J connectivity index is 1.93. The van der Waals surface area contributed by atoms with Crippen molar-refractivity contribution < 1.29 is 18.7 Å². The van der Waals surface area contributed by atoms with E-state index in [4.69, 9.17) is 16.0 Å². The minimum Gasteiger partial charge on any atom is -0.507 e. The van der Waals surface area contributed by atoms with Gasteiger partial charge in [-0.25, -0.2) is 9.18 Å². The molecule has 4 rings (SSSR count). The predicted molar refractivity (Wildman–Crippen MR) is 99.0 cm³/mol. The van der Waals surface area contributed by atoms with E-state index in [2.05, 4.69) is 4.98 Å². The number of aromatic nitrogens is 1. The molecule has 0 spiro atoms. The van der Waals surface area contributed by atoms with Crippen LogP contribution in [0.25, 0.3) is 21.9 Å². The Hall–Kier alpha value is -3.25. The zero-order valence-corrected chi connectivity index (χ0v) is 14.7. The van der Waals surface area contributed by atoms with Gasteiger partial charge in [0.05, 0.1) is 16.5 Å². The van der Waals surface area contributed by atoms with Crippen LogP contribution in [-0.2, 0) is 0 Å². The number of hydrogen-bond acceptors (Lipinski definition) is 5. The van der Waals surface area contributed by atoms with Crippen LogP contribution in [-0.4, -0.2) is 15.9 Å². The van der Waals surface area contributed by atoms with Crippen molar-refractivity contribution in [2.75, 3.05) is 0 Å². The molecule has 0 aliphatic rings. The van der Waals surface area contributed by atoms with Crippen molar-refractivity contribution in [2.24, 2.45) is 0 Å². The summed E-state index contributed by atoms with van der Waals surface area (Å²) in [4.78, 5) is 29.2. The highest BCUT2D eigenvalue weighted by Gasteiger charge is 2.18. The summed E-state index contributed by atoms with van der Waals surface area (Å²) < 4.78 is 18.8. The first-order valence-electron chi connectivity index (χ1n) is 7.91. The van der Waals surface area contributed by atoms with E-state index in [0.29, 0.717) is 16.0 Å². The van der Waals surface area contributed by atoms with Crippen molar-refractivity contribution in [3.63, 3.8) is 0 Å². The molecular weight excluding hydrogens is 373 g/mol. The van der Waals surface area contributed by atoms with Crippen molar-refractivity contribution in [2.45, 2.75) is 6.92 Å². The standard InChI is InChI=1S/C20H11ClFNO4/c1-9-4-16(24)12(7-15(9)21)19(25)10-5-14-18(23-8-10)13-6-11(22)2-3-17(13)27-20(14)26/h2-8,24H,1H3. The molecule has 2 heterocycles. The predicted octanol–water partition coefficient (Wildman–Crippen LogP) is 4.38. The molecule has 0 aliphatic heterocycles. The Kier molecular flexibility index (Phi) is 3.93. The Morgan fingerprint density at radius 1 is 1.19 bits per heavy atom. The molecule has 0 saturated heterocycles. The second kappa shape index (κ2) is 6.17. The van der Waals surface area contributed by atoms with Crippen LogP contribution in [0, 0.1) is 12.7 Å². The lowest BCUT2D eigenvalue weighted by Gasteiger charge is -2.08. The fourth-order valence-corrected chi connectivity index (χ4v) is 3.06. The lowest BCUT2D eigenvalue weighted by atomic mass is 10.0. The number of aryl methyl sites for hydroxylation is 1. The largest absolute Gasteiger partial charge is 0.507 e. The summed E-state index contributed by atoms with van der Waals surface area (Å²) in [5.74, 6) is -1.28. The first-order valence-corrected chi connectivity index (χ1v) is 8.29. The summed E-state index contributed by atoms with van der Waals surface area (Å²) in [6.45, 7) is 1.70. The molecule has 0 aliphatic carbocycles. The molecule has 0 fully saturated rings. The van der Waals surface area contributed by atoms with E-state index in [1.165, 1.54) is 42.6 Å². The monoisotopic (exact) mass is 383 g/mol. The molecule has 5 nitrogen and oxygen atoms in total. The van der Waals surface area contributed by atoms with E-state index in [9.17, 15) is 19.1 Å². The first-order chi connectivity index (χ1) is 12.8. The molecule has 7 heteroatoms. The van der Waals surface area contributed by atoms with Crippen molar-refractivity contribution in [1.29, 1.82) is 0 Å². The molecule has 2 aromatic carbocycles. The summed E-state index contributed by atoms with van der Waals surface area (Å²) in [6.07, 6.45) is 1.27. The van der Waals surface area contributed by atoms with Gasteiger partial charge in [0, 0.05) is 22.2 Å². The van der Waals surface area contributed by atoms with Crippen molar-refractivity contribution in [3.8, 4) is 5.75 Å². The second-order valence-corrected chi connectivity index (χ2v) is 6.51. The number of halogens is 2. The van der Waals surface area contributed by atoms with Crippen LogP contribution in [0.5, 0.6) is 5.75 Å². The van der Waals surface area contributed by atoms with Gasteiger partial charge in [0.25, 0.3) is 0 Å². The number of rotatable bonds is 2. The van der Waals surface area contributed by atoms with Gasteiger partial charge in [-0.15, -0.1) is 0 Å². The van der Waals surface area contributed by atoms with Gasteiger partial charge in [0.2, 0.25) is 0 Å². The average Bonchev–Trinajstić information content (AvgIpc) is 2.64. The minimum atomic E-state index is -0.697. The number of carbonyl (C=O) groups excluding carboxylic acids is 1. The van der Waals surface area contributed by atoms with Gasteiger partial charge in [-0.2, -0.15) is 0 Å². The zero-order chi connectivity index (χ0) is 19.3. The molecule has 4 aromatic rings. The number of phenolic OH excluding ortho intramolecular Hbond substituents is 1. The Labute approximate surface area is 156 Å². The van der Waals surface area contributed by atoms with E-state index in [1.54, 1.807) is 6.92 Å². The number of benzene rings is 2. The number of pyridine rings is 1. The van der Waals surface area contributed by atoms with Crippen molar-refractivity contribution in [3.05, 3.63) is 80.5 Å². The highest BCUT2D eigenvalue weighted by molar-refractivity contribution is 6.32. The van der Waals surface area contributed by atoms with Gasteiger partial charge in [-0.1, -0.05) is 11.6 Å². The summed E-state index contributed by atoms with van der Waals surface area (Å²) in [5, 5.41) is 10.8. The third-order valence-electron chi connectivity index (χ3n) is 4.29. The third-order valence-corrected chi connectivity index (χ3v) is 4.70. The number of aromatic hydroxyl groups is 1. The number of hydrogen-bond donors (Lipinski definition) is 1. The highest BCUT2D eigenvalue weighted by Crippen LogP contribution is 2.29. The van der Waals surface area contributed by atoms with Gasteiger partial charge < -0.3 is 9.52 Å². The molecule has 0 amide bonds. The van der Waals surface area contributed by atoms with Crippen LogP contribution in [0.4, 0.5) is 4.39 Å². The number of carbonyl (C=O) groups is 1. The maximum atomic E-state index is 13.6. The van der Waals surface area contributed by atoms with Gasteiger partial charge in [0.15, 0.2) is 5.78 Å². The molecule has 0 saturated carbocycles. The van der Waals surface area contributed by atoms with E-state index >= 15 is 0 Å². The van der Waals surface area contributed by atoms with Crippen LogP contribution >= 0.6 is 11.6 Å². The number of nitrogens with zero attached hydrogens (tertiary/aromatic N) is 1. The highest BCUT2D eigenvalue weighted by atomic mass is 35.5. The average molecular weight is 384 g/mol. The van der Waals surface area contributed by atoms with Crippen molar-refractivity contribution in [1.82, 2.24) is 4.98 Å². The molecule has 0 unspecified atom stereocenters.